The van der Waals surface area contributed by atoms with Gasteiger partial charge in [-0.2, -0.15) is 4.68 Å². The summed E-state index contributed by atoms with van der Waals surface area (Å²) in [5, 5.41) is 0. The van der Waals surface area contributed by atoms with Gasteiger partial charge >= 0.3 is 6.09 Å². The number of benzene rings is 1. The van der Waals surface area contributed by atoms with Gasteiger partial charge in [-0.15, -0.1) is 0 Å². The van der Waals surface area contributed by atoms with Crippen LogP contribution < -0.4 is 11.3 Å². The fourth-order valence-electron chi connectivity index (χ4n) is 2.65. The minimum Gasteiger partial charge on any atom is -0.448 e. The van der Waals surface area contributed by atoms with Crippen LogP contribution in [0.25, 0.3) is 11.1 Å². The Morgan fingerprint density at radius 1 is 1.29 bits per heavy atom. The van der Waals surface area contributed by atoms with Crippen molar-refractivity contribution in [3.63, 3.8) is 0 Å². The highest BCUT2D eigenvalue weighted by molar-refractivity contribution is 5.83. The van der Waals surface area contributed by atoms with E-state index in [4.69, 9.17) is 10.5 Å². The van der Waals surface area contributed by atoms with Gasteiger partial charge in [0.2, 0.25) is 0 Å². The smallest absolute Gasteiger partial charge is 0.435 e. The number of hydrogen-bond donors (Lipinski definition) is 1. The van der Waals surface area contributed by atoms with Crippen molar-refractivity contribution >= 4 is 11.9 Å². The molecule has 0 bridgehead atoms. The highest BCUT2D eigenvalue weighted by atomic mass is 16.6. The van der Waals surface area contributed by atoms with Crippen molar-refractivity contribution < 1.29 is 9.53 Å². The topological polar surface area (TPSA) is 79.2 Å². The number of nitrogen functional groups attached to an aromatic ring is 1. The zero-order valence-corrected chi connectivity index (χ0v) is 14.7. The Morgan fingerprint density at radius 2 is 1.96 bits per heavy atom. The third kappa shape index (κ3) is 3.09. The van der Waals surface area contributed by atoms with E-state index < -0.39 is 6.09 Å². The van der Waals surface area contributed by atoms with E-state index >= 15 is 0 Å². The average molecular weight is 331 g/mol. The Bertz CT molecular complexity index is 789. The van der Waals surface area contributed by atoms with Crippen LogP contribution in [-0.4, -0.2) is 22.1 Å². The molecule has 0 aliphatic heterocycles. The molecule has 1 unspecified atom stereocenters. The number of hydrogen-bond acceptors (Lipinski definition) is 4. The zero-order chi connectivity index (χ0) is 17.9. The lowest BCUT2D eigenvalue weighted by Crippen LogP contribution is -2.31. The summed E-state index contributed by atoms with van der Waals surface area (Å²) in [6, 6.07) is 7.32. The maximum atomic E-state index is 13.0. The molecule has 1 aromatic heterocycles. The van der Waals surface area contributed by atoms with Crippen molar-refractivity contribution in [2.24, 2.45) is 0 Å². The predicted molar refractivity (Wildman–Crippen MR) is 95.3 cm³/mol. The normalized spacial score (nSPS) is 12.2. The van der Waals surface area contributed by atoms with E-state index in [0.29, 0.717) is 18.4 Å². The largest absolute Gasteiger partial charge is 0.448 e. The number of nitrogens with two attached hydrogens (primary N) is 1. The van der Waals surface area contributed by atoms with Gasteiger partial charge in [0.05, 0.1) is 18.2 Å². The van der Waals surface area contributed by atoms with E-state index in [1.807, 2.05) is 52.0 Å². The maximum Gasteiger partial charge on any atom is 0.435 e. The van der Waals surface area contributed by atoms with Gasteiger partial charge in [0, 0.05) is 0 Å². The standard InChI is InChI=1S/C18H25N3O3/c1-5-11-24-18(23)21-16(19)15(14-10-8-7-9-12(14)3)17(22)20(21)13(4)6-2/h7-10,13H,5-6,11,19H2,1-4H3. The Morgan fingerprint density at radius 3 is 2.54 bits per heavy atom. The van der Waals surface area contributed by atoms with Crippen LogP contribution in [0.2, 0.25) is 0 Å². The lowest BCUT2D eigenvalue weighted by Gasteiger charge is -2.16. The molecule has 130 valence electrons. The Kier molecular flexibility index (Phi) is 5.49. The highest BCUT2D eigenvalue weighted by Gasteiger charge is 2.26. The molecule has 2 aromatic rings. The van der Waals surface area contributed by atoms with E-state index in [0.717, 1.165) is 11.1 Å². The summed E-state index contributed by atoms with van der Waals surface area (Å²) in [7, 11) is 0. The van der Waals surface area contributed by atoms with E-state index in [1.54, 1.807) is 0 Å². The first-order chi connectivity index (χ1) is 11.4. The first-order valence-electron chi connectivity index (χ1n) is 8.30. The molecular formula is C18H25N3O3. The molecule has 2 rings (SSSR count). The Labute approximate surface area is 141 Å². The third-order valence-corrected chi connectivity index (χ3v) is 4.15. The summed E-state index contributed by atoms with van der Waals surface area (Å²) >= 11 is 0. The van der Waals surface area contributed by atoms with Gasteiger partial charge in [-0.3, -0.25) is 4.79 Å². The minimum absolute atomic E-state index is 0.121. The molecule has 1 atom stereocenters. The van der Waals surface area contributed by atoms with Gasteiger partial charge in [0.15, 0.2) is 0 Å². The van der Waals surface area contributed by atoms with Crippen molar-refractivity contribution in [2.75, 3.05) is 12.3 Å². The quantitative estimate of drug-likeness (QED) is 0.908. The van der Waals surface area contributed by atoms with Gasteiger partial charge in [0.25, 0.3) is 5.56 Å². The summed E-state index contributed by atoms with van der Waals surface area (Å²) in [6.07, 6.45) is 0.773. The molecule has 6 nitrogen and oxygen atoms in total. The molecule has 2 N–H and O–H groups in total. The van der Waals surface area contributed by atoms with Crippen molar-refractivity contribution in [1.82, 2.24) is 9.36 Å². The fraction of sp³-hybridized carbons (Fsp3) is 0.444. The highest BCUT2D eigenvalue weighted by Crippen LogP contribution is 2.28. The van der Waals surface area contributed by atoms with Crippen LogP contribution in [0.15, 0.2) is 29.1 Å². The second-order valence-electron chi connectivity index (χ2n) is 5.91. The summed E-state index contributed by atoms with van der Waals surface area (Å²) in [6.45, 7) is 7.94. The molecular weight excluding hydrogens is 306 g/mol. The number of nitrogens with zero attached hydrogens (tertiary/aromatic N) is 2. The van der Waals surface area contributed by atoms with Gasteiger partial charge < -0.3 is 10.5 Å². The molecule has 1 heterocycles. The number of carbonyl (C=O) groups excluding carboxylic acids is 1. The van der Waals surface area contributed by atoms with Crippen molar-refractivity contribution in [2.45, 2.75) is 46.6 Å². The second kappa shape index (κ2) is 7.38. The first-order valence-corrected chi connectivity index (χ1v) is 8.30. The van der Waals surface area contributed by atoms with Gasteiger partial charge in [-0.1, -0.05) is 38.1 Å². The minimum atomic E-state index is -0.619. The molecule has 24 heavy (non-hydrogen) atoms. The summed E-state index contributed by atoms with van der Waals surface area (Å²) in [5.74, 6) is 0.121. The molecule has 0 fully saturated rings. The van der Waals surface area contributed by atoms with Crippen LogP contribution in [-0.2, 0) is 4.74 Å². The van der Waals surface area contributed by atoms with E-state index in [-0.39, 0.29) is 24.0 Å². The molecule has 1 aromatic carbocycles. The van der Waals surface area contributed by atoms with Crippen LogP contribution in [0.1, 0.15) is 45.2 Å². The number of anilines is 1. The number of ether oxygens (including phenoxy) is 1. The summed E-state index contributed by atoms with van der Waals surface area (Å²) < 4.78 is 7.78. The maximum absolute atomic E-state index is 13.0. The predicted octanol–water partition coefficient (Wildman–Crippen LogP) is 3.57. The summed E-state index contributed by atoms with van der Waals surface area (Å²) in [4.78, 5) is 25.4. The van der Waals surface area contributed by atoms with Crippen LogP contribution in [0.3, 0.4) is 0 Å². The molecule has 0 aliphatic carbocycles. The first kappa shape index (κ1) is 17.8. The van der Waals surface area contributed by atoms with Crippen molar-refractivity contribution in [3.8, 4) is 11.1 Å². The summed E-state index contributed by atoms with van der Waals surface area (Å²) in [5.41, 5.74) is 7.95. The van der Waals surface area contributed by atoms with Crippen molar-refractivity contribution in [3.05, 3.63) is 40.2 Å². The van der Waals surface area contributed by atoms with E-state index in [2.05, 4.69) is 0 Å². The molecule has 0 amide bonds. The lowest BCUT2D eigenvalue weighted by atomic mass is 10.0. The van der Waals surface area contributed by atoms with Gasteiger partial charge in [-0.05, 0) is 37.8 Å². The number of aromatic nitrogens is 2. The molecule has 0 aliphatic rings. The Balaban J connectivity index is 2.71. The third-order valence-electron chi connectivity index (χ3n) is 4.15. The number of carbonyl (C=O) groups is 1. The van der Waals surface area contributed by atoms with Crippen LogP contribution in [0.4, 0.5) is 10.6 Å². The monoisotopic (exact) mass is 331 g/mol. The molecule has 6 heteroatoms. The fourth-order valence-corrected chi connectivity index (χ4v) is 2.65. The van der Waals surface area contributed by atoms with Gasteiger partial charge in [-0.25, -0.2) is 9.48 Å². The molecule has 0 saturated heterocycles. The Hall–Kier alpha value is -2.50. The second-order valence-corrected chi connectivity index (χ2v) is 5.91. The van der Waals surface area contributed by atoms with Gasteiger partial charge in [0.1, 0.15) is 5.82 Å². The zero-order valence-electron chi connectivity index (χ0n) is 14.7. The van der Waals surface area contributed by atoms with Crippen LogP contribution >= 0.6 is 0 Å². The molecule has 0 saturated carbocycles. The van der Waals surface area contributed by atoms with Crippen LogP contribution in [0, 0.1) is 6.92 Å². The SMILES string of the molecule is CCCOC(=O)n1c(N)c(-c2ccccc2C)c(=O)n1C(C)CC. The van der Waals surface area contributed by atoms with Crippen molar-refractivity contribution in [1.29, 1.82) is 0 Å². The number of aryl methyl sites for hydroxylation is 1. The number of rotatable bonds is 5. The lowest BCUT2D eigenvalue weighted by molar-refractivity contribution is 0.138. The van der Waals surface area contributed by atoms with Crippen LogP contribution in [0.5, 0.6) is 0 Å². The molecule has 0 radical (unpaired) electrons. The average Bonchev–Trinajstić information content (AvgIpc) is 2.83. The van der Waals surface area contributed by atoms with E-state index in [9.17, 15) is 9.59 Å². The molecule has 0 spiro atoms. The van der Waals surface area contributed by atoms with E-state index in [1.165, 1.54) is 9.36 Å².